The number of benzene rings is 1. The summed E-state index contributed by atoms with van der Waals surface area (Å²) in [5.74, 6) is 0.466. The van der Waals surface area contributed by atoms with Crippen LogP contribution < -0.4 is 10.6 Å². The summed E-state index contributed by atoms with van der Waals surface area (Å²) in [5.41, 5.74) is 7.68. The molecule has 18 heavy (non-hydrogen) atoms. The molecule has 0 aromatic heterocycles. The molecule has 0 spiro atoms. The Morgan fingerprint density at radius 3 is 2.50 bits per heavy atom. The lowest BCUT2D eigenvalue weighted by molar-refractivity contribution is 0.503. The molecule has 102 valence electrons. The highest BCUT2D eigenvalue weighted by molar-refractivity contribution is 5.54. The molecule has 1 atom stereocenters. The maximum Gasteiger partial charge on any atom is 0.123 e. The molecule has 3 heteroatoms. The van der Waals surface area contributed by atoms with E-state index in [9.17, 15) is 4.39 Å². The van der Waals surface area contributed by atoms with E-state index >= 15 is 0 Å². The summed E-state index contributed by atoms with van der Waals surface area (Å²) < 4.78 is 13.3. The first-order valence-electron chi connectivity index (χ1n) is 6.67. The lowest BCUT2D eigenvalue weighted by Crippen LogP contribution is -2.31. The van der Waals surface area contributed by atoms with Crippen molar-refractivity contribution in [2.24, 2.45) is 11.7 Å². The summed E-state index contributed by atoms with van der Waals surface area (Å²) >= 11 is 0. The van der Waals surface area contributed by atoms with E-state index in [1.165, 1.54) is 6.07 Å². The Kier molecular flexibility index (Phi) is 5.60. The molecule has 1 rings (SSSR count). The average Bonchev–Trinajstić information content (AvgIpc) is 2.28. The van der Waals surface area contributed by atoms with E-state index in [-0.39, 0.29) is 5.82 Å². The van der Waals surface area contributed by atoms with Crippen LogP contribution in [0.4, 0.5) is 10.1 Å². The number of rotatable bonds is 6. The molecule has 0 heterocycles. The Bertz CT molecular complexity index is 377. The molecule has 0 aliphatic carbocycles. The third kappa shape index (κ3) is 3.98. The van der Waals surface area contributed by atoms with Crippen LogP contribution in [-0.4, -0.2) is 19.6 Å². The minimum atomic E-state index is -0.188. The number of hydrogen-bond donors (Lipinski definition) is 1. The van der Waals surface area contributed by atoms with Crippen molar-refractivity contribution in [3.8, 4) is 0 Å². The van der Waals surface area contributed by atoms with Gasteiger partial charge in [0.2, 0.25) is 0 Å². The molecule has 1 aromatic carbocycles. The van der Waals surface area contributed by atoms with Gasteiger partial charge in [0.05, 0.1) is 0 Å². The summed E-state index contributed by atoms with van der Waals surface area (Å²) in [5, 5.41) is 0. The monoisotopic (exact) mass is 252 g/mol. The van der Waals surface area contributed by atoms with Crippen LogP contribution >= 0.6 is 0 Å². The van der Waals surface area contributed by atoms with E-state index in [1.54, 1.807) is 6.07 Å². The lowest BCUT2D eigenvalue weighted by atomic mass is 10.0. The van der Waals surface area contributed by atoms with E-state index < -0.39 is 0 Å². The van der Waals surface area contributed by atoms with Gasteiger partial charge in [-0.25, -0.2) is 4.39 Å². The van der Waals surface area contributed by atoms with Crippen LogP contribution in [-0.2, 0) is 6.42 Å². The summed E-state index contributed by atoms with van der Waals surface area (Å²) in [7, 11) is 2.07. The zero-order valence-corrected chi connectivity index (χ0v) is 11.9. The first kappa shape index (κ1) is 15.0. The van der Waals surface area contributed by atoms with Crippen molar-refractivity contribution in [1.82, 2.24) is 0 Å². The van der Waals surface area contributed by atoms with Crippen molar-refractivity contribution < 1.29 is 4.39 Å². The van der Waals surface area contributed by atoms with Gasteiger partial charge in [-0.05, 0) is 56.0 Å². The minimum absolute atomic E-state index is 0.188. The quantitative estimate of drug-likeness (QED) is 0.842. The maximum absolute atomic E-state index is 13.3. The second kappa shape index (κ2) is 6.74. The average molecular weight is 252 g/mol. The van der Waals surface area contributed by atoms with Crippen LogP contribution in [0, 0.1) is 11.7 Å². The summed E-state index contributed by atoms with van der Waals surface area (Å²) in [4.78, 5) is 2.23. The molecular formula is C15H25FN2. The zero-order valence-electron chi connectivity index (χ0n) is 11.9. The minimum Gasteiger partial charge on any atom is -0.372 e. The van der Waals surface area contributed by atoms with Crippen molar-refractivity contribution in [3.63, 3.8) is 0 Å². The van der Waals surface area contributed by atoms with Gasteiger partial charge >= 0.3 is 0 Å². The van der Waals surface area contributed by atoms with Crippen LogP contribution in [0.15, 0.2) is 18.2 Å². The SMILES string of the molecule is CC(C)CC(C)N(C)c1ccc(F)cc1CCN. The third-order valence-corrected chi connectivity index (χ3v) is 3.31. The topological polar surface area (TPSA) is 29.3 Å². The van der Waals surface area contributed by atoms with Crippen LogP contribution in [0.25, 0.3) is 0 Å². The normalized spacial score (nSPS) is 12.8. The molecule has 0 fully saturated rings. The lowest BCUT2D eigenvalue weighted by Gasteiger charge is -2.30. The van der Waals surface area contributed by atoms with Gasteiger partial charge in [0.1, 0.15) is 5.82 Å². The Hall–Kier alpha value is -1.09. The second-order valence-corrected chi connectivity index (χ2v) is 5.40. The molecule has 0 bridgehead atoms. The highest BCUT2D eigenvalue weighted by atomic mass is 19.1. The number of nitrogens with two attached hydrogens (primary N) is 1. The molecule has 2 nitrogen and oxygen atoms in total. The van der Waals surface area contributed by atoms with Crippen LogP contribution in [0.1, 0.15) is 32.8 Å². The molecule has 0 radical (unpaired) electrons. The number of anilines is 1. The summed E-state index contributed by atoms with van der Waals surface area (Å²) in [6, 6.07) is 5.42. The van der Waals surface area contributed by atoms with Gasteiger partial charge in [0.25, 0.3) is 0 Å². The number of halogens is 1. The molecule has 0 aliphatic heterocycles. The Morgan fingerprint density at radius 1 is 1.28 bits per heavy atom. The van der Waals surface area contributed by atoms with Crippen molar-refractivity contribution in [2.45, 2.75) is 39.7 Å². The van der Waals surface area contributed by atoms with E-state index in [0.29, 0.717) is 24.9 Å². The summed E-state index contributed by atoms with van der Waals surface area (Å²) in [6.45, 7) is 7.18. The van der Waals surface area contributed by atoms with Crippen molar-refractivity contribution >= 4 is 5.69 Å². The maximum atomic E-state index is 13.3. The van der Waals surface area contributed by atoms with E-state index in [2.05, 4.69) is 32.7 Å². The van der Waals surface area contributed by atoms with E-state index in [0.717, 1.165) is 17.7 Å². The predicted molar refractivity (Wildman–Crippen MR) is 76.5 cm³/mol. The van der Waals surface area contributed by atoms with Gasteiger partial charge in [-0.2, -0.15) is 0 Å². The van der Waals surface area contributed by atoms with Gasteiger partial charge in [-0.15, -0.1) is 0 Å². The van der Waals surface area contributed by atoms with Gasteiger partial charge < -0.3 is 10.6 Å². The van der Waals surface area contributed by atoms with Gasteiger partial charge in [0, 0.05) is 18.8 Å². The predicted octanol–water partition coefficient (Wildman–Crippen LogP) is 3.20. The highest BCUT2D eigenvalue weighted by Gasteiger charge is 2.15. The molecule has 0 saturated heterocycles. The van der Waals surface area contributed by atoms with Crippen LogP contribution in [0.3, 0.4) is 0 Å². The standard InChI is InChI=1S/C15H25FN2/c1-11(2)9-12(3)18(4)15-6-5-14(16)10-13(15)7-8-17/h5-6,10-12H,7-9,17H2,1-4H3. The zero-order chi connectivity index (χ0) is 13.7. The van der Waals surface area contributed by atoms with E-state index in [1.807, 2.05) is 6.07 Å². The molecule has 2 N–H and O–H groups in total. The second-order valence-electron chi connectivity index (χ2n) is 5.40. The Labute approximate surface area is 110 Å². The van der Waals surface area contributed by atoms with Gasteiger partial charge in [-0.3, -0.25) is 0 Å². The first-order valence-corrected chi connectivity index (χ1v) is 6.67. The van der Waals surface area contributed by atoms with Crippen LogP contribution in [0.5, 0.6) is 0 Å². The highest BCUT2D eigenvalue weighted by Crippen LogP contribution is 2.24. The van der Waals surface area contributed by atoms with Crippen molar-refractivity contribution in [2.75, 3.05) is 18.5 Å². The fraction of sp³-hybridized carbons (Fsp3) is 0.600. The first-order chi connectivity index (χ1) is 8.45. The molecule has 1 unspecified atom stereocenters. The van der Waals surface area contributed by atoms with Gasteiger partial charge in [0.15, 0.2) is 0 Å². The fourth-order valence-corrected chi connectivity index (χ4v) is 2.33. The Balaban J connectivity index is 2.93. The molecular weight excluding hydrogens is 227 g/mol. The number of hydrogen-bond acceptors (Lipinski definition) is 2. The Morgan fingerprint density at radius 2 is 1.94 bits per heavy atom. The van der Waals surface area contributed by atoms with E-state index in [4.69, 9.17) is 5.73 Å². The largest absolute Gasteiger partial charge is 0.372 e. The van der Waals surface area contributed by atoms with Crippen LogP contribution in [0.2, 0.25) is 0 Å². The number of nitrogens with zero attached hydrogens (tertiary/aromatic N) is 1. The molecule has 0 aliphatic rings. The fourth-order valence-electron chi connectivity index (χ4n) is 2.33. The summed E-state index contributed by atoms with van der Waals surface area (Å²) in [6.07, 6.45) is 1.84. The van der Waals surface area contributed by atoms with Crippen molar-refractivity contribution in [3.05, 3.63) is 29.6 Å². The van der Waals surface area contributed by atoms with Gasteiger partial charge in [-0.1, -0.05) is 13.8 Å². The third-order valence-electron chi connectivity index (χ3n) is 3.31. The van der Waals surface area contributed by atoms with Crippen molar-refractivity contribution in [1.29, 1.82) is 0 Å². The molecule has 0 saturated carbocycles. The molecule has 1 aromatic rings. The molecule has 0 amide bonds. The smallest absolute Gasteiger partial charge is 0.123 e.